The zero-order valence-corrected chi connectivity index (χ0v) is 6.51. The third-order valence-corrected chi connectivity index (χ3v) is 1.68. The van der Waals surface area contributed by atoms with E-state index in [1.54, 1.807) is 6.07 Å². The molecule has 0 unspecified atom stereocenters. The average molecular weight is 169 g/mol. The van der Waals surface area contributed by atoms with Crippen LogP contribution < -0.4 is 5.73 Å². The smallest absolute Gasteiger partial charge is 0.335 e. The molecule has 0 aliphatic heterocycles. The van der Waals surface area contributed by atoms with Crippen molar-refractivity contribution >= 4 is 24.3 Å². The summed E-state index contributed by atoms with van der Waals surface area (Å²) in [5, 5.41) is 8.52. The number of nitrogen functional groups attached to an aromatic ring is 1. The Labute approximate surface area is 69.2 Å². The fraction of sp³-hybridized carbons (Fsp3) is 0. The Morgan fingerprint density at radius 2 is 2.18 bits per heavy atom. The summed E-state index contributed by atoms with van der Waals surface area (Å²) >= 11 is 4.00. The van der Waals surface area contributed by atoms with Gasteiger partial charge in [-0.2, -0.15) is 0 Å². The van der Waals surface area contributed by atoms with Crippen LogP contribution in [0.3, 0.4) is 0 Å². The number of anilines is 1. The molecule has 0 aliphatic carbocycles. The summed E-state index contributed by atoms with van der Waals surface area (Å²) in [6.07, 6.45) is 0. The first-order chi connectivity index (χ1) is 5.11. The van der Waals surface area contributed by atoms with Crippen LogP contribution in [-0.2, 0) is 0 Å². The van der Waals surface area contributed by atoms with Gasteiger partial charge in [-0.05, 0) is 18.2 Å². The maximum Gasteiger partial charge on any atom is 0.335 e. The van der Waals surface area contributed by atoms with Crippen LogP contribution in [0.1, 0.15) is 10.4 Å². The molecule has 0 bridgehead atoms. The maximum absolute atomic E-state index is 10.4. The second-order valence-corrected chi connectivity index (χ2v) is 2.56. The van der Waals surface area contributed by atoms with E-state index in [2.05, 4.69) is 12.6 Å². The topological polar surface area (TPSA) is 63.3 Å². The molecule has 0 atom stereocenters. The molecule has 1 aromatic carbocycles. The van der Waals surface area contributed by atoms with E-state index in [4.69, 9.17) is 10.8 Å². The fourth-order valence-electron chi connectivity index (χ4n) is 0.688. The summed E-state index contributed by atoms with van der Waals surface area (Å²) in [4.78, 5) is 11.0. The minimum Gasteiger partial charge on any atom is -0.478 e. The first-order valence-electron chi connectivity index (χ1n) is 2.93. The van der Waals surface area contributed by atoms with Crippen molar-refractivity contribution in [2.24, 2.45) is 0 Å². The van der Waals surface area contributed by atoms with E-state index in [1.165, 1.54) is 12.1 Å². The van der Waals surface area contributed by atoms with E-state index in [0.717, 1.165) is 0 Å². The SMILES string of the molecule is Nc1cc(C(=O)O)ccc1S. The second kappa shape index (κ2) is 2.84. The van der Waals surface area contributed by atoms with Gasteiger partial charge in [-0.3, -0.25) is 0 Å². The van der Waals surface area contributed by atoms with Crippen LogP contribution >= 0.6 is 12.6 Å². The van der Waals surface area contributed by atoms with E-state index in [0.29, 0.717) is 10.6 Å². The number of carbonyl (C=O) groups is 1. The summed E-state index contributed by atoms with van der Waals surface area (Å²) < 4.78 is 0. The van der Waals surface area contributed by atoms with Gasteiger partial charge in [-0.15, -0.1) is 12.6 Å². The van der Waals surface area contributed by atoms with Crippen molar-refractivity contribution in [3.63, 3.8) is 0 Å². The molecule has 4 heteroatoms. The minimum atomic E-state index is -0.981. The van der Waals surface area contributed by atoms with Gasteiger partial charge in [0.25, 0.3) is 0 Å². The van der Waals surface area contributed by atoms with E-state index >= 15 is 0 Å². The molecule has 3 nitrogen and oxygen atoms in total. The number of nitrogens with two attached hydrogens (primary N) is 1. The molecule has 0 aliphatic rings. The Kier molecular flexibility index (Phi) is 2.05. The summed E-state index contributed by atoms with van der Waals surface area (Å²) in [6.45, 7) is 0. The molecule has 0 spiro atoms. The molecular formula is C7H7NO2S. The number of aromatic carboxylic acids is 1. The van der Waals surface area contributed by atoms with E-state index in [9.17, 15) is 4.79 Å². The normalized spacial score (nSPS) is 9.55. The van der Waals surface area contributed by atoms with Crippen LogP contribution in [0.25, 0.3) is 0 Å². The molecule has 1 aromatic rings. The summed E-state index contributed by atoms with van der Waals surface area (Å²) in [5.41, 5.74) is 5.98. The molecule has 0 saturated heterocycles. The number of benzene rings is 1. The predicted molar refractivity (Wildman–Crippen MR) is 45.1 cm³/mol. The first-order valence-corrected chi connectivity index (χ1v) is 3.38. The van der Waals surface area contributed by atoms with Crippen LogP contribution in [-0.4, -0.2) is 11.1 Å². The van der Waals surface area contributed by atoms with Gasteiger partial charge in [0.15, 0.2) is 0 Å². The summed E-state index contributed by atoms with van der Waals surface area (Å²) in [7, 11) is 0. The van der Waals surface area contributed by atoms with Crippen molar-refractivity contribution in [3.8, 4) is 0 Å². The van der Waals surface area contributed by atoms with E-state index in [-0.39, 0.29) is 5.56 Å². The largest absolute Gasteiger partial charge is 0.478 e. The molecular weight excluding hydrogens is 162 g/mol. The quantitative estimate of drug-likeness (QED) is 0.438. The lowest BCUT2D eigenvalue weighted by molar-refractivity contribution is 0.0697. The average Bonchev–Trinajstić information content (AvgIpc) is 1.94. The van der Waals surface area contributed by atoms with Crippen LogP contribution in [0, 0.1) is 0 Å². The van der Waals surface area contributed by atoms with Gasteiger partial charge in [-0.25, -0.2) is 4.79 Å². The fourth-order valence-corrected chi connectivity index (χ4v) is 0.827. The Hall–Kier alpha value is -1.16. The zero-order valence-electron chi connectivity index (χ0n) is 5.61. The van der Waals surface area contributed by atoms with Crippen LogP contribution in [0.2, 0.25) is 0 Å². The van der Waals surface area contributed by atoms with Gasteiger partial charge in [0, 0.05) is 10.6 Å². The van der Waals surface area contributed by atoms with Gasteiger partial charge >= 0.3 is 5.97 Å². The number of carboxylic acid groups (broad SMARTS) is 1. The lowest BCUT2D eigenvalue weighted by Gasteiger charge is -1.98. The number of rotatable bonds is 1. The van der Waals surface area contributed by atoms with E-state index < -0.39 is 5.97 Å². The van der Waals surface area contributed by atoms with Crippen LogP contribution in [0.5, 0.6) is 0 Å². The molecule has 0 saturated carbocycles. The molecule has 0 amide bonds. The highest BCUT2D eigenvalue weighted by Crippen LogP contribution is 2.17. The number of hydrogen-bond acceptors (Lipinski definition) is 3. The second-order valence-electron chi connectivity index (χ2n) is 2.08. The lowest BCUT2D eigenvalue weighted by Crippen LogP contribution is -1.97. The summed E-state index contributed by atoms with van der Waals surface area (Å²) in [5.74, 6) is -0.981. The molecule has 3 N–H and O–H groups in total. The minimum absolute atomic E-state index is 0.181. The molecule has 0 heterocycles. The third kappa shape index (κ3) is 1.65. The van der Waals surface area contributed by atoms with E-state index in [1.807, 2.05) is 0 Å². The predicted octanol–water partition coefficient (Wildman–Crippen LogP) is 1.26. The Morgan fingerprint density at radius 1 is 1.55 bits per heavy atom. The molecule has 11 heavy (non-hydrogen) atoms. The Balaban J connectivity index is 3.15. The summed E-state index contributed by atoms with van der Waals surface area (Å²) in [6, 6.07) is 4.40. The van der Waals surface area contributed by atoms with Gasteiger partial charge in [0.05, 0.1) is 5.56 Å². The highest BCUT2D eigenvalue weighted by molar-refractivity contribution is 7.80. The molecule has 0 fully saturated rings. The van der Waals surface area contributed by atoms with Crippen molar-refractivity contribution in [1.29, 1.82) is 0 Å². The Bertz CT molecular complexity index is 298. The standard InChI is InChI=1S/C7H7NO2S/c8-5-3-4(7(9)10)1-2-6(5)11/h1-3,11H,8H2,(H,9,10). The highest BCUT2D eigenvalue weighted by Gasteiger charge is 2.03. The van der Waals surface area contributed by atoms with Gasteiger partial charge < -0.3 is 10.8 Å². The lowest BCUT2D eigenvalue weighted by atomic mass is 10.2. The van der Waals surface area contributed by atoms with Crippen molar-refractivity contribution in [1.82, 2.24) is 0 Å². The molecule has 1 rings (SSSR count). The Morgan fingerprint density at radius 3 is 2.64 bits per heavy atom. The maximum atomic E-state index is 10.4. The van der Waals surface area contributed by atoms with Gasteiger partial charge in [0.1, 0.15) is 0 Å². The van der Waals surface area contributed by atoms with Gasteiger partial charge in [0.2, 0.25) is 0 Å². The third-order valence-electron chi connectivity index (χ3n) is 1.27. The molecule has 0 aromatic heterocycles. The van der Waals surface area contributed by atoms with Crippen molar-refractivity contribution in [2.75, 3.05) is 5.73 Å². The number of carboxylic acids is 1. The molecule has 0 radical (unpaired) electrons. The zero-order chi connectivity index (χ0) is 8.43. The molecule has 58 valence electrons. The van der Waals surface area contributed by atoms with Crippen molar-refractivity contribution in [3.05, 3.63) is 23.8 Å². The van der Waals surface area contributed by atoms with Crippen molar-refractivity contribution < 1.29 is 9.90 Å². The first kappa shape index (κ1) is 7.94. The number of thiol groups is 1. The van der Waals surface area contributed by atoms with Crippen LogP contribution in [0.4, 0.5) is 5.69 Å². The monoisotopic (exact) mass is 169 g/mol. The highest BCUT2D eigenvalue weighted by atomic mass is 32.1. The van der Waals surface area contributed by atoms with Gasteiger partial charge in [-0.1, -0.05) is 0 Å². The van der Waals surface area contributed by atoms with Crippen molar-refractivity contribution in [2.45, 2.75) is 4.90 Å². The number of hydrogen-bond donors (Lipinski definition) is 3. The van der Waals surface area contributed by atoms with Crippen LogP contribution in [0.15, 0.2) is 23.1 Å².